The van der Waals surface area contributed by atoms with Crippen molar-refractivity contribution >= 4 is 36.6 Å². The van der Waals surface area contributed by atoms with Gasteiger partial charge in [0.05, 0.1) is 6.54 Å². The van der Waals surface area contributed by atoms with E-state index in [1.165, 1.54) is 12.8 Å². The molecule has 2 N–H and O–H groups in total. The maximum absolute atomic E-state index is 12.7. The molecule has 2 heterocycles. The minimum atomic E-state index is -0.615. The second-order valence-electron chi connectivity index (χ2n) is 7.78. The second-order valence-corrected chi connectivity index (χ2v) is 7.78. The van der Waals surface area contributed by atoms with Crippen molar-refractivity contribution in [3.8, 4) is 0 Å². The molecule has 0 bridgehead atoms. The van der Waals surface area contributed by atoms with E-state index in [0.29, 0.717) is 19.6 Å². The molecule has 2 fully saturated rings. The van der Waals surface area contributed by atoms with Gasteiger partial charge >= 0.3 is 0 Å². The summed E-state index contributed by atoms with van der Waals surface area (Å²) >= 11 is 0. The van der Waals surface area contributed by atoms with Gasteiger partial charge < -0.3 is 15.5 Å². The molecule has 2 aliphatic heterocycles. The molecule has 1 aromatic carbocycles. The number of aryl methyl sites for hydroxylation is 1. The molecule has 6 nitrogen and oxygen atoms in total. The predicted molar refractivity (Wildman–Crippen MR) is 121 cm³/mol. The molecular weight excluding hydrogens is 411 g/mol. The Balaban J connectivity index is 0.00000210. The first-order chi connectivity index (χ1) is 13.0. The third-order valence-electron chi connectivity index (χ3n) is 5.70. The zero-order valence-corrected chi connectivity index (χ0v) is 18.8. The fraction of sp³-hybridized carbons (Fsp3) is 0.619. The number of benzene rings is 1. The van der Waals surface area contributed by atoms with Gasteiger partial charge in [-0.2, -0.15) is 0 Å². The number of nitrogens with zero attached hydrogens (tertiary/aromatic N) is 3. The van der Waals surface area contributed by atoms with Gasteiger partial charge in [-0.05, 0) is 25.3 Å². The summed E-state index contributed by atoms with van der Waals surface area (Å²) < 4.78 is 0. The Kier molecular flexibility index (Phi) is 11.0. The first kappa shape index (κ1) is 25.7. The molecule has 2 saturated heterocycles. The normalized spacial score (nSPS) is 18.8. The van der Waals surface area contributed by atoms with Gasteiger partial charge in [-0.15, -0.1) is 24.8 Å². The molecule has 8 heteroatoms. The molecule has 2 aliphatic rings. The van der Waals surface area contributed by atoms with Crippen molar-refractivity contribution in [2.24, 2.45) is 5.73 Å². The van der Waals surface area contributed by atoms with Gasteiger partial charge in [0, 0.05) is 39.3 Å². The number of hydrogen-bond acceptors (Lipinski definition) is 4. The Morgan fingerprint density at radius 3 is 1.97 bits per heavy atom. The quantitative estimate of drug-likeness (QED) is 0.773. The summed E-state index contributed by atoms with van der Waals surface area (Å²) in [6.07, 6.45) is 4.69. The molecule has 164 valence electrons. The zero-order chi connectivity index (χ0) is 19.2. The molecule has 3 rings (SSSR count). The van der Waals surface area contributed by atoms with Crippen LogP contribution in [0, 0.1) is 6.92 Å². The predicted octanol–water partition coefficient (Wildman–Crippen LogP) is 2.39. The van der Waals surface area contributed by atoms with Crippen LogP contribution in [0.1, 0.15) is 42.9 Å². The second kappa shape index (κ2) is 12.4. The molecule has 0 aliphatic carbocycles. The Labute approximate surface area is 186 Å². The van der Waals surface area contributed by atoms with Gasteiger partial charge in [-0.1, -0.05) is 42.7 Å². The summed E-state index contributed by atoms with van der Waals surface area (Å²) in [5.41, 5.74) is 8.19. The minimum absolute atomic E-state index is 0. The highest BCUT2D eigenvalue weighted by Crippen LogP contribution is 2.16. The lowest BCUT2D eigenvalue weighted by Gasteiger charge is -2.36. The Morgan fingerprint density at radius 1 is 0.862 bits per heavy atom. The Morgan fingerprint density at radius 2 is 1.41 bits per heavy atom. The molecule has 1 aromatic rings. The number of carbonyl (C=O) groups is 2. The molecule has 2 amide bonds. The molecule has 29 heavy (non-hydrogen) atoms. The molecular formula is C21H34Cl2N4O2. The summed E-state index contributed by atoms with van der Waals surface area (Å²) in [6.45, 7) is 6.98. The average molecular weight is 445 g/mol. The smallest absolute Gasteiger partial charge is 0.244 e. The van der Waals surface area contributed by atoms with Crippen molar-refractivity contribution < 1.29 is 9.59 Å². The highest BCUT2D eigenvalue weighted by molar-refractivity contribution is 5.85. The Hall–Kier alpha value is -1.34. The SMILES string of the molecule is Cc1ccc(C(N)C(=O)N2CCN(CC(=O)N3CCCCCC3)CC2)cc1.Cl.Cl. The van der Waals surface area contributed by atoms with Crippen molar-refractivity contribution in [1.29, 1.82) is 0 Å². The highest BCUT2D eigenvalue weighted by atomic mass is 35.5. The first-order valence-corrected chi connectivity index (χ1v) is 10.2. The van der Waals surface area contributed by atoms with E-state index >= 15 is 0 Å². The van der Waals surface area contributed by atoms with Crippen LogP contribution in [0.4, 0.5) is 0 Å². The number of likely N-dealkylation sites (tertiary alicyclic amines) is 1. The summed E-state index contributed by atoms with van der Waals surface area (Å²) in [4.78, 5) is 31.2. The zero-order valence-electron chi connectivity index (χ0n) is 17.2. The van der Waals surface area contributed by atoms with Crippen LogP contribution in [0.5, 0.6) is 0 Å². The van der Waals surface area contributed by atoms with E-state index in [2.05, 4.69) is 4.90 Å². The standard InChI is InChI=1S/C21H32N4O2.2ClH/c1-17-6-8-18(9-7-17)20(22)21(27)25-14-12-23(13-15-25)16-19(26)24-10-4-2-3-5-11-24;;/h6-9,20H,2-5,10-16,22H2,1H3;2*1H. The molecule has 1 unspecified atom stereocenters. The van der Waals surface area contributed by atoms with Gasteiger partial charge in [0.1, 0.15) is 6.04 Å². The topological polar surface area (TPSA) is 69.9 Å². The van der Waals surface area contributed by atoms with Crippen LogP contribution >= 0.6 is 24.8 Å². The summed E-state index contributed by atoms with van der Waals surface area (Å²) in [5.74, 6) is 0.199. The number of hydrogen-bond donors (Lipinski definition) is 1. The third kappa shape index (κ3) is 7.14. The molecule has 0 radical (unpaired) electrons. The lowest BCUT2D eigenvalue weighted by Crippen LogP contribution is -2.53. The fourth-order valence-electron chi connectivity index (χ4n) is 3.85. The first-order valence-electron chi connectivity index (χ1n) is 10.2. The number of halogens is 2. The van der Waals surface area contributed by atoms with Gasteiger partial charge in [0.25, 0.3) is 0 Å². The van der Waals surface area contributed by atoms with E-state index in [0.717, 1.165) is 50.1 Å². The molecule has 0 spiro atoms. The number of carbonyl (C=O) groups excluding carboxylic acids is 2. The van der Waals surface area contributed by atoms with Gasteiger partial charge in [0.2, 0.25) is 11.8 Å². The number of amides is 2. The van der Waals surface area contributed by atoms with Crippen LogP contribution in [0.2, 0.25) is 0 Å². The third-order valence-corrected chi connectivity index (χ3v) is 5.70. The maximum atomic E-state index is 12.7. The molecule has 0 aromatic heterocycles. The van der Waals surface area contributed by atoms with Gasteiger partial charge in [0.15, 0.2) is 0 Å². The number of piperazine rings is 1. The van der Waals surface area contributed by atoms with Crippen LogP contribution in [-0.2, 0) is 9.59 Å². The lowest BCUT2D eigenvalue weighted by atomic mass is 10.0. The summed E-state index contributed by atoms with van der Waals surface area (Å²) in [5, 5.41) is 0. The largest absolute Gasteiger partial charge is 0.342 e. The average Bonchev–Trinajstić information content (AvgIpc) is 2.98. The summed E-state index contributed by atoms with van der Waals surface area (Å²) in [7, 11) is 0. The number of nitrogens with two attached hydrogens (primary N) is 1. The molecule has 1 atom stereocenters. The Bertz CT molecular complexity index is 641. The van der Waals surface area contributed by atoms with Crippen LogP contribution in [0.15, 0.2) is 24.3 Å². The van der Waals surface area contributed by atoms with Gasteiger partial charge in [-0.3, -0.25) is 14.5 Å². The lowest BCUT2D eigenvalue weighted by molar-refractivity contribution is -0.136. The van der Waals surface area contributed by atoms with Crippen molar-refractivity contribution in [2.45, 2.75) is 38.6 Å². The van der Waals surface area contributed by atoms with Crippen LogP contribution in [0.25, 0.3) is 0 Å². The van der Waals surface area contributed by atoms with Crippen LogP contribution in [0.3, 0.4) is 0 Å². The van der Waals surface area contributed by atoms with E-state index in [-0.39, 0.29) is 36.6 Å². The van der Waals surface area contributed by atoms with E-state index in [4.69, 9.17) is 5.73 Å². The van der Waals surface area contributed by atoms with Gasteiger partial charge in [-0.25, -0.2) is 0 Å². The number of rotatable bonds is 4. The van der Waals surface area contributed by atoms with Crippen molar-refractivity contribution in [3.63, 3.8) is 0 Å². The van der Waals surface area contributed by atoms with Crippen LogP contribution in [-0.4, -0.2) is 72.3 Å². The van der Waals surface area contributed by atoms with Crippen molar-refractivity contribution in [2.75, 3.05) is 45.8 Å². The van der Waals surface area contributed by atoms with Crippen molar-refractivity contribution in [3.05, 3.63) is 35.4 Å². The van der Waals surface area contributed by atoms with Crippen LogP contribution < -0.4 is 5.73 Å². The molecule has 0 saturated carbocycles. The van der Waals surface area contributed by atoms with E-state index in [9.17, 15) is 9.59 Å². The van der Waals surface area contributed by atoms with E-state index in [1.807, 2.05) is 41.0 Å². The minimum Gasteiger partial charge on any atom is -0.342 e. The maximum Gasteiger partial charge on any atom is 0.244 e. The summed E-state index contributed by atoms with van der Waals surface area (Å²) in [6, 6.07) is 7.20. The van der Waals surface area contributed by atoms with E-state index in [1.54, 1.807) is 0 Å². The highest BCUT2D eigenvalue weighted by Gasteiger charge is 2.27. The monoisotopic (exact) mass is 444 g/mol. The fourth-order valence-corrected chi connectivity index (χ4v) is 3.85. The van der Waals surface area contributed by atoms with Crippen molar-refractivity contribution in [1.82, 2.24) is 14.7 Å². The van der Waals surface area contributed by atoms with E-state index < -0.39 is 6.04 Å².